The van der Waals surface area contributed by atoms with Gasteiger partial charge in [-0.2, -0.15) is 0 Å². The van der Waals surface area contributed by atoms with E-state index in [0.717, 1.165) is 15.2 Å². The first kappa shape index (κ1) is 11.8. The van der Waals surface area contributed by atoms with Crippen molar-refractivity contribution in [2.75, 3.05) is 0 Å². The van der Waals surface area contributed by atoms with E-state index in [4.69, 9.17) is 12.2 Å². The van der Waals surface area contributed by atoms with Crippen molar-refractivity contribution in [1.82, 2.24) is 4.98 Å². The molecule has 3 nitrogen and oxygen atoms in total. The van der Waals surface area contributed by atoms with E-state index in [2.05, 4.69) is 10.9 Å². The van der Waals surface area contributed by atoms with Gasteiger partial charge in [0, 0.05) is 6.42 Å². The zero-order chi connectivity index (χ0) is 12.3. The molecule has 1 aromatic carbocycles. The number of carbonyl (C=O) groups is 1. The second kappa shape index (κ2) is 5.09. The molecule has 0 saturated heterocycles. The molecule has 0 spiro atoms. The Hall–Kier alpha value is -1.70. The Morgan fingerprint density at radius 1 is 1.53 bits per heavy atom. The summed E-state index contributed by atoms with van der Waals surface area (Å²) in [4.78, 5) is 16.1. The normalized spacial score (nSPS) is 12.2. The molecule has 0 aliphatic heterocycles. The molecule has 0 aliphatic rings. The number of nitrogens with two attached hydrogens (primary N) is 1. The van der Waals surface area contributed by atoms with E-state index in [1.54, 1.807) is 0 Å². The molecule has 0 fully saturated rings. The monoisotopic (exact) mass is 244 g/mol. The second-order valence-corrected chi connectivity index (χ2v) is 4.85. The molecule has 1 atom stereocenters. The summed E-state index contributed by atoms with van der Waals surface area (Å²) in [6, 6.07) is 7.23. The van der Waals surface area contributed by atoms with Crippen molar-refractivity contribution in [2.24, 2.45) is 5.73 Å². The lowest BCUT2D eigenvalue weighted by atomic mass is 10.1. The highest BCUT2D eigenvalue weighted by atomic mass is 32.1. The number of rotatable bonds is 4. The number of Topliss-reactive ketones (excluding diaryl/α,β-unsaturated/α-hetero) is 1. The van der Waals surface area contributed by atoms with Crippen LogP contribution in [0.25, 0.3) is 10.2 Å². The molecule has 0 bridgehead atoms. The SMILES string of the molecule is C#CCC(N)C(=O)Cc1nc2ccccc2s1. The van der Waals surface area contributed by atoms with Crippen molar-refractivity contribution in [3.63, 3.8) is 0 Å². The Labute approximate surface area is 104 Å². The van der Waals surface area contributed by atoms with Gasteiger partial charge in [0.25, 0.3) is 0 Å². The smallest absolute Gasteiger partial charge is 0.157 e. The van der Waals surface area contributed by atoms with E-state index in [0.29, 0.717) is 0 Å². The highest BCUT2D eigenvalue weighted by Gasteiger charge is 2.15. The number of benzene rings is 1. The lowest BCUT2D eigenvalue weighted by molar-refractivity contribution is -0.119. The minimum Gasteiger partial charge on any atom is -0.321 e. The number of hydrogen-bond acceptors (Lipinski definition) is 4. The summed E-state index contributed by atoms with van der Waals surface area (Å²) in [6.07, 6.45) is 5.67. The van der Waals surface area contributed by atoms with E-state index >= 15 is 0 Å². The van der Waals surface area contributed by atoms with Crippen LogP contribution < -0.4 is 5.73 Å². The molecule has 86 valence electrons. The van der Waals surface area contributed by atoms with E-state index < -0.39 is 6.04 Å². The fourth-order valence-corrected chi connectivity index (χ4v) is 2.49. The summed E-state index contributed by atoms with van der Waals surface area (Å²) in [5.74, 6) is 2.34. The van der Waals surface area contributed by atoms with E-state index in [1.165, 1.54) is 11.3 Å². The van der Waals surface area contributed by atoms with Gasteiger partial charge in [0.15, 0.2) is 5.78 Å². The molecule has 0 amide bonds. The van der Waals surface area contributed by atoms with Crippen molar-refractivity contribution < 1.29 is 4.79 Å². The first-order valence-corrected chi connectivity index (χ1v) is 6.08. The number of terminal acetylenes is 1. The van der Waals surface area contributed by atoms with Crippen LogP contribution in [-0.4, -0.2) is 16.8 Å². The maximum Gasteiger partial charge on any atom is 0.157 e. The molecule has 2 aromatic rings. The van der Waals surface area contributed by atoms with Gasteiger partial charge in [0.1, 0.15) is 5.01 Å². The molecule has 4 heteroatoms. The van der Waals surface area contributed by atoms with Gasteiger partial charge < -0.3 is 5.73 Å². The van der Waals surface area contributed by atoms with Gasteiger partial charge in [-0.25, -0.2) is 4.98 Å². The van der Waals surface area contributed by atoms with Crippen LogP contribution in [0.2, 0.25) is 0 Å². The molecule has 1 unspecified atom stereocenters. The first-order valence-electron chi connectivity index (χ1n) is 5.27. The highest BCUT2D eigenvalue weighted by Crippen LogP contribution is 2.22. The molecule has 2 N–H and O–H groups in total. The number of thiazole rings is 1. The predicted octanol–water partition coefficient (Wildman–Crippen LogP) is 1.76. The molecule has 0 aliphatic carbocycles. The molecule has 0 radical (unpaired) electrons. The standard InChI is InChI=1S/C13H12N2OS/c1-2-5-9(14)11(16)8-13-15-10-6-3-4-7-12(10)17-13/h1,3-4,6-7,9H,5,8,14H2. The quantitative estimate of drug-likeness (QED) is 0.834. The van der Waals surface area contributed by atoms with Crippen molar-refractivity contribution in [3.8, 4) is 12.3 Å². The van der Waals surface area contributed by atoms with E-state index in [1.807, 2.05) is 24.3 Å². The summed E-state index contributed by atoms with van der Waals surface area (Å²) in [6.45, 7) is 0. The van der Waals surface area contributed by atoms with Crippen LogP contribution in [0, 0.1) is 12.3 Å². The Bertz CT molecular complexity index is 549. The van der Waals surface area contributed by atoms with Gasteiger partial charge in [-0.15, -0.1) is 23.7 Å². The summed E-state index contributed by atoms with van der Waals surface area (Å²) in [5.41, 5.74) is 6.58. The third-order valence-electron chi connectivity index (χ3n) is 2.41. The number of carbonyl (C=O) groups excluding carboxylic acids is 1. The second-order valence-electron chi connectivity index (χ2n) is 3.73. The highest BCUT2D eigenvalue weighted by molar-refractivity contribution is 7.18. The van der Waals surface area contributed by atoms with E-state index in [-0.39, 0.29) is 18.6 Å². The van der Waals surface area contributed by atoms with E-state index in [9.17, 15) is 4.79 Å². The number of aromatic nitrogens is 1. The summed E-state index contributed by atoms with van der Waals surface area (Å²) in [7, 11) is 0. The van der Waals surface area contributed by atoms with Gasteiger partial charge in [0.2, 0.25) is 0 Å². The molecule has 0 saturated carbocycles. The van der Waals surface area contributed by atoms with Gasteiger partial charge >= 0.3 is 0 Å². The first-order chi connectivity index (χ1) is 8.20. The molecule has 2 rings (SSSR count). The van der Waals surface area contributed by atoms with Crippen LogP contribution in [0.1, 0.15) is 11.4 Å². The Morgan fingerprint density at radius 2 is 2.29 bits per heavy atom. The lowest BCUT2D eigenvalue weighted by Gasteiger charge is -2.04. The largest absolute Gasteiger partial charge is 0.321 e. The third kappa shape index (κ3) is 2.70. The van der Waals surface area contributed by atoms with Gasteiger partial charge in [-0.1, -0.05) is 12.1 Å². The Kier molecular flexibility index (Phi) is 3.52. The Balaban J connectivity index is 2.14. The molecular weight excluding hydrogens is 232 g/mol. The van der Waals surface area contributed by atoms with Crippen LogP contribution in [-0.2, 0) is 11.2 Å². The summed E-state index contributed by atoms with van der Waals surface area (Å²) < 4.78 is 1.08. The zero-order valence-corrected chi connectivity index (χ0v) is 10.0. The maximum atomic E-state index is 11.7. The average Bonchev–Trinajstić information content (AvgIpc) is 2.71. The van der Waals surface area contributed by atoms with Crippen molar-refractivity contribution in [3.05, 3.63) is 29.3 Å². The molecule has 1 aromatic heterocycles. The fraction of sp³-hybridized carbons (Fsp3) is 0.231. The van der Waals surface area contributed by atoms with Crippen LogP contribution in [0.4, 0.5) is 0 Å². The van der Waals surface area contributed by atoms with Crippen LogP contribution >= 0.6 is 11.3 Å². The van der Waals surface area contributed by atoms with Crippen molar-refractivity contribution in [1.29, 1.82) is 0 Å². The number of fused-ring (bicyclic) bond motifs is 1. The summed E-state index contributed by atoms with van der Waals surface area (Å²) >= 11 is 1.52. The number of nitrogens with zero attached hydrogens (tertiary/aromatic N) is 1. The fourth-order valence-electron chi connectivity index (χ4n) is 1.52. The molecule has 17 heavy (non-hydrogen) atoms. The van der Waals surface area contributed by atoms with Gasteiger partial charge in [-0.05, 0) is 12.1 Å². The number of hydrogen-bond donors (Lipinski definition) is 1. The van der Waals surface area contributed by atoms with Gasteiger partial charge in [-0.3, -0.25) is 4.79 Å². The van der Waals surface area contributed by atoms with Crippen LogP contribution in [0.15, 0.2) is 24.3 Å². The minimum absolute atomic E-state index is 0.0537. The number of para-hydroxylation sites is 1. The lowest BCUT2D eigenvalue weighted by Crippen LogP contribution is -2.31. The average molecular weight is 244 g/mol. The zero-order valence-electron chi connectivity index (χ0n) is 9.22. The minimum atomic E-state index is -0.577. The third-order valence-corrected chi connectivity index (χ3v) is 3.45. The number of ketones is 1. The van der Waals surface area contributed by atoms with Crippen LogP contribution in [0.3, 0.4) is 0 Å². The predicted molar refractivity (Wildman–Crippen MR) is 69.8 cm³/mol. The maximum absolute atomic E-state index is 11.7. The topological polar surface area (TPSA) is 56.0 Å². The van der Waals surface area contributed by atoms with Crippen molar-refractivity contribution in [2.45, 2.75) is 18.9 Å². The Morgan fingerprint density at radius 3 is 3.00 bits per heavy atom. The molecule has 1 heterocycles. The van der Waals surface area contributed by atoms with Gasteiger partial charge in [0.05, 0.1) is 22.7 Å². The molecular formula is C13H12N2OS. The summed E-state index contributed by atoms with van der Waals surface area (Å²) in [5, 5.41) is 0.795. The van der Waals surface area contributed by atoms with Crippen LogP contribution in [0.5, 0.6) is 0 Å². The van der Waals surface area contributed by atoms with Crippen molar-refractivity contribution >= 4 is 27.3 Å².